The number of nitrogens with zero attached hydrogens (tertiary/aromatic N) is 1. The van der Waals surface area contributed by atoms with E-state index in [4.69, 9.17) is 0 Å². The van der Waals surface area contributed by atoms with Gasteiger partial charge in [0.05, 0.1) is 6.54 Å². The van der Waals surface area contributed by atoms with E-state index in [1.165, 1.54) is 19.3 Å². The molecule has 3 saturated heterocycles. The first-order chi connectivity index (χ1) is 10.2. The average molecular weight is 330 g/mol. The average Bonchev–Trinajstić information content (AvgIpc) is 2.84. The number of fused-ring (bicyclic) bond motifs is 2. The molecule has 3 heterocycles. The second kappa shape index (κ2) is 8.16. The van der Waals surface area contributed by atoms with Gasteiger partial charge in [0.2, 0.25) is 11.8 Å². The number of piperidine rings is 2. The second-order valence-corrected chi connectivity index (χ2v) is 6.90. The van der Waals surface area contributed by atoms with Crippen LogP contribution in [0.15, 0.2) is 0 Å². The number of hydrogen-bond acceptors (Lipinski definition) is 3. The Labute approximate surface area is 139 Å². The summed E-state index contributed by atoms with van der Waals surface area (Å²) in [6, 6.07) is 1.24. The van der Waals surface area contributed by atoms with E-state index in [1.54, 1.807) is 0 Å². The van der Waals surface area contributed by atoms with Gasteiger partial charge in [0.25, 0.3) is 0 Å². The van der Waals surface area contributed by atoms with Crippen LogP contribution in [0.4, 0.5) is 0 Å². The topological polar surface area (TPSA) is 61.4 Å². The predicted molar refractivity (Wildman–Crippen MR) is 88.0 cm³/mol. The minimum Gasteiger partial charge on any atom is -0.347 e. The van der Waals surface area contributed by atoms with Crippen LogP contribution in [0.2, 0.25) is 0 Å². The first-order valence-electron chi connectivity index (χ1n) is 8.51. The SMILES string of the molecule is Cl.O=C(CC1CC2CCC(C1)N2)NCC(=O)N1CCCCC1. The summed E-state index contributed by atoms with van der Waals surface area (Å²) in [7, 11) is 0. The smallest absolute Gasteiger partial charge is 0.241 e. The molecule has 2 amide bonds. The summed E-state index contributed by atoms with van der Waals surface area (Å²) in [5.41, 5.74) is 0. The molecule has 22 heavy (non-hydrogen) atoms. The maximum Gasteiger partial charge on any atom is 0.241 e. The lowest BCUT2D eigenvalue weighted by atomic mass is 9.89. The van der Waals surface area contributed by atoms with Crippen LogP contribution in [0.3, 0.4) is 0 Å². The predicted octanol–water partition coefficient (Wildman–Crippen LogP) is 1.46. The lowest BCUT2D eigenvalue weighted by molar-refractivity contribution is -0.133. The Morgan fingerprint density at radius 2 is 1.68 bits per heavy atom. The van der Waals surface area contributed by atoms with E-state index in [1.807, 2.05) is 4.90 Å². The molecule has 0 radical (unpaired) electrons. The summed E-state index contributed by atoms with van der Waals surface area (Å²) in [5.74, 6) is 0.619. The number of halogens is 1. The molecule has 0 spiro atoms. The minimum absolute atomic E-state index is 0. The third-order valence-electron chi connectivity index (χ3n) is 5.19. The lowest BCUT2D eigenvalue weighted by Crippen LogP contribution is -2.43. The second-order valence-electron chi connectivity index (χ2n) is 6.90. The van der Waals surface area contributed by atoms with Crippen molar-refractivity contribution in [3.05, 3.63) is 0 Å². The highest BCUT2D eigenvalue weighted by Gasteiger charge is 2.34. The fourth-order valence-electron chi connectivity index (χ4n) is 4.11. The zero-order valence-corrected chi connectivity index (χ0v) is 14.0. The fraction of sp³-hybridized carbons (Fsp3) is 0.875. The Kier molecular flexibility index (Phi) is 6.50. The van der Waals surface area contributed by atoms with Crippen molar-refractivity contribution in [2.24, 2.45) is 5.92 Å². The number of likely N-dealkylation sites (tertiary alicyclic amines) is 1. The molecule has 3 rings (SSSR count). The van der Waals surface area contributed by atoms with E-state index in [0.29, 0.717) is 24.4 Å². The van der Waals surface area contributed by atoms with Crippen LogP contribution in [-0.4, -0.2) is 48.4 Å². The molecule has 6 heteroatoms. The normalized spacial score (nSPS) is 30.5. The molecule has 0 aromatic carbocycles. The Hall–Kier alpha value is -0.810. The van der Waals surface area contributed by atoms with E-state index < -0.39 is 0 Å². The van der Waals surface area contributed by atoms with Crippen molar-refractivity contribution in [1.29, 1.82) is 0 Å². The summed E-state index contributed by atoms with van der Waals surface area (Å²) in [4.78, 5) is 25.9. The number of carbonyl (C=O) groups excluding carboxylic acids is 2. The van der Waals surface area contributed by atoms with Gasteiger partial charge < -0.3 is 15.5 Å². The van der Waals surface area contributed by atoms with E-state index in [2.05, 4.69) is 10.6 Å². The standard InChI is InChI=1S/C16H27N3O2.ClH/c20-15(10-12-8-13-4-5-14(9-12)18-13)17-11-16(21)19-6-2-1-3-7-19;/h12-14,18H,1-11H2,(H,17,20);1H. The zero-order valence-electron chi connectivity index (χ0n) is 13.2. The van der Waals surface area contributed by atoms with Crippen LogP contribution in [-0.2, 0) is 9.59 Å². The molecule has 3 fully saturated rings. The van der Waals surface area contributed by atoms with Gasteiger partial charge in [-0.05, 0) is 50.9 Å². The first kappa shape index (κ1) is 17.5. The van der Waals surface area contributed by atoms with Crippen LogP contribution in [0.5, 0.6) is 0 Å². The number of carbonyl (C=O) groups is 2. The summed E-state index contributed by atoms with van der Waals surface area (Å²) in [5, 5.41) is 6.42. The summed E-state index contributed by atoms with van der Waals surface area (Å²) in [6.07, 6.45) is 8.74. The number of nitrogens with one attached hydrogen (secondary N) is 2. The fourth-order valence-corrected chi connectivity index (χ4v) is 4.11. The third-order valence-corrected chi connectivity index (χ3v) is 5.19. The van der Waals surface area contributed by atoms with E-state index >= 15 is 0 Å². The van der Waals surface area contributed by atoms with E-state index in [-0.39, 0.29) is 30.8 Å². The third kappa shape index (κ3) is 4.59. The van der Waals surface area contributed by atoms with Gasteiger partial charge in [-0.3, -0.25) is 9.59 Å². The van der Waals surface area contributed by atoms with E-state index in [0.717, 1.165) is 38.8 Å². The maximum atomic E-state index is 12.0. The number of hydrogen-bond donors (Lipinski definition) is 2. The Balaban J connectivity index is 0.00000176. The molecule has 0 aromatic heterocycles. The Morgan fingerprint density at radius 3 is 2.32 bits per heavy atom. The molecule has 0 saturated carbocycles. The number of rotatable bonds is 4. The van der Waals surface area contributed by atoms with Crippen LogP contribution in [0.25, 0.3) is 0 Å². The highest BCUT2D eigenvalue weighted by atomic mass is 35.5. The van der Waals surface area contributed by atoms with Crippen molar-refractivity contribution in [2.45, 2.75) is 63.5 Å². The molecule has 5 nitrogen and oxygen atoms in total. The van der Waals surface area contributed by atoms with Crippen molar-refractivity contribution < 1.29 is 9.59 Å². The Bertz CT molecular complexity index is 387. The highest BCUT2D eigenvalue weighted by molar-refractivity contribution is 5.85. The lowest BCUT2D eigenvalue weighted by Gasteiger charge is -2.29. The van der Waals surface area contributed by atoms with Gasteiger partial charge in [-0.2, -0.15) is 0 Å². The van der Waals surface area contributed by atoms with Crippen molar-refractivity contribution in [3.8, 4) is 0 Å². The van der Waals surface area contributed by atoms with Crippen molar-refractivity contribution >= 4 is 24.2 Å². The van der Waals surface area contributed by atoms with Crippen LogP contribution < -0.4 is 10.6 Å². The molecule has 2 atom stereocenters. The molecule has 126 valence electrons. The van der Waals surface area contributed by atoms with Crippen molar-refractivity contribution in [2.75, 3.05) is 19.6 Å². The van der Waals surface area contributed by atoms with Crippen LogP contribution in [0.1, 0.15) is 51.4 Å². The largest absolute Gasteiger partial charge is 0.347 e. The van der Waals surface area contributed by atoms with Crippen LogP contribution in [0, 0.1) is 5.92 Å². The van der Waals surface area contributed by atoms with Gasteiger partial charge in [0.1, 0.15) is 0 Å². The minimum atomic E-state index is 0. The molecule has 0 aliphatic carbocycles. The summed E-state index contributed by atoms with van der Waals surface area (Å²) in [6.45, 7) is 1.88. The molecular weight excluding hydrogens is 302 g/mol. The van der Waals surface area contributed by atoms with Gasteiger partial charge in [-0.1, -0.05) is 0 Å². The molecule has 2 N–H and O–H groups in total. The van der Waals surface area contributed by atoms with Gasteiger partial charge >= 0.3 is 0 Å². The first-order valence-corrected chi connectivity index (χ1v) is 8.51. The quantitative estimate of drug-likeness (QED) is 0.821. The maximum absolute atomic E-state index is 12.0. The molecule has 2 unspecified atom stereocenters. The highest BCUT2D eigenvalue weighted by Crippen LogP contribution is 2.32. The molecule has 3 aliphatic rings. The van der Waals surface area contributed by atoms with Crippen LogP contribution >= 0.6 is 12.4 Å². The van der Waals surface area contributed by atoms with Crippen molar-refractivity contribution in [1.82, 2.24) is 15.5 Å². The van der Waals surface area contributed by atoms with Gasteiger partial charge in [0, 0.05) is 31.6 Å². The van der Waals surface area contributed by atoms with Gasteiger partial charge in [-0.25, -0.2) is 0 Å². The summed E-state index contributed by atoms with van der Waals surface area (Å²) < 4.78 is 0. The molecule has 2 bridgehead atoms. The number of amides is 2. The Morgan fingerprint density at radius 1 is 1.05 bits per heavy atom. The van der Waals surface area contributed by atoms with Crippen molar-refractivity contribution in [3.63, 3.8) is 0 Å². The monoisotopic (exact) mass is 329 g/mol. The van der Waals surface area contributed by atoms with Gasteiger partial charge in [-0.15, -0.1) is 12.4 Å². The summed E-state index contributed by atoms with van der Waals surface area (Å²) >= 11 is 0. The zero-order chi connectivity index (χ0) is 14.7. The van der Waals surface area contributed by atoms with E-state index in [9.17, 15) is 9.59 Å². The molecular formula is C16H28ClN3O2. The van der Waals surface area contributed by atoms with Gasteiger partial charge in [0.15, 0.2) is 0 Å². The molecule has 0 aromatic rings. The molecule has 3 aliphatic heterocycles.